The lowest BCUT2D eigenvalue weighted by Crippen LogP contribution is -2.36. The lowest BCUT2D eigenvalue weighted by atomic mass is 10.3. The Hall–Kier alpha value is -2.17. The molecule has 3 rings (SSSR count). The SMILES string of the molecule is Cc1ncncc1N1c2ncccc2N(C)[C@@H]1C. The Labute approximate surface area is 106 Å². The maximum atomic E-state index is 4.49. The van der Waals surface area contributed by atoms with Gasteiger partial charge in [-0.3, -0.25) is 0 Å². The van der Waals surface area contributed by atoms with Gasteiger partial charge < -0.3 is 9.80 Å². The van der Waals surface area contributed by atoms with E-state index in [4.69, 9.17) is 0 Å². The van der Waals surface area contributed by atoms with Crippen LogP contribution in [0.2, 0.25) is 0 Å². The molecule has 0 saturated carbocycles. The summed E-state index contributed by atoms with van der Waals surface area (Å²) >= 11 is 0. The standard InChI is InChI=1S/C13H15N5/c1-9-12(7-14-8-16-9)18-10(2)17(3)11-5-4-6-15-13(11)18/h4-8,10H,1-3H3/t10-/m0/s1. The zero-order valence-corrected chi connectivity index (χ0v) is 10.7. The predicted molar refractivity (Wildman–Crippen MR) is 71.0 cm³/mol. The predicted octanol–water partition coefficient (Wildman–Crippen LogP) is 2.11. The van der Waals surface area contributed by atoms with Gasteiger partial charge in [0.15, 0.2) is 5.82 Å². The Balaban J connectivity index is 2.16. The fourth-order valence-corrected chi connectivity index (χ4v) is 2.34. The molecule has 0 saturated heterocycles. The van der Waals surface area contributed by atoms with Gasteiger partial charge in [0, 0.05) is 13.2 Å². The van der Waals surface area contributed by atoms with Crippen molar-refractivity contribution in [2.75, 3.05) is 16.8 Å². The summed E-state index contributed by atoms with van der Waals surface area (Å²) in [6.07, 6.45) is 5.44. The topological polar surface area (TPSA) is 45.2 Å². The smallest absolute Gasteiger partial charge is 0.158 e. The third-order valence-corrected chi connectivity index (χ3v) is 3.45. The average molecular weight is 241 g/mol. The van der Waals surface area contributed by atoms with Gasteiger partial charge in [-0.05, 0) is 26.0 Å². The highest BCUT2D eigenvalue weighted by Crippen LogP contribution is 2.41. The van der Waals surface area contributed by atoms with Crippen LogP contribution in [-0.2, 0) is 0 Å². The number of hydrogen-bond acceptors (Lipinski definition) is 5. The van der Waals surface area contributed by atoms with Crippen LogP contribution < -0.4 is 9.80 Å². The Morgan fingerprint density at radius 3 is 2.83 bits per heavy atom. The number of anilines is 3. The number of fused-ring (bicyclic) bond motifs is 1. The monoisotopic (exact) mass is 241 g/mol. The molecule has 0 spiro atoms. The van der Waals surface area contributed by atoms with Gasteiger partial charge in [-0.1, -0.05) is 0 Å². The molecule has 2 aromatic heterocycles. The van der Waals surface area contributed by atoms with Crippen molar-refractivity contribution >= 4 is 17.2 Å². The molecule has 5 nitrogen and oxygen atoms in total. The van der Waals surface area contributed by atoms with Crippen molar-refractivity contribution in [1.82, 2.24) is 15.0 Å². The molecular formula is C13H15N5. The van der Waals surface area contributed by atoms with E-state index in [0.29, 0.717) is 0 Å². The Morgan fingerprint density at radius 2 is 2.06 bits per heavy atom. The summed E-state index contributed by atoms with van der Waals surface area (Å²) in [4.78, 5) is 17.2. The van der Waals surface area contributed by atoms with E-state index in [1.807, 2.05) is 25.4 Å². The van der Waals surface area contributed by atoms with Gasteiger partial charge >= 0.3 is 0 Å². The summed E-state index contributed by atoms with van der Waals surface area (Å²) in [6, 6.07) is 4.04. The molecule has 2 aromatic rings. The molecule has 0 fully saturated rings. The van der Waals surface area contributed by atoms with Gasteiger partial charge in [0.1, 0.15) is 12.5 Å². The van der Waals surface area contributed by atoms with Gasteiger partial charge in [-0.2, -0.15) is 0 Å². The molecule has 5 heteroatoms. The minimum Gasteiger partial charge on any atom is -0.351 e. The first-order valence-corrected chi connectivity index (χ1v) is 5.94. The van der Waals surface area contributed by atoms with Gasteiger partial charge in [0.2, 0.25) is 0 Å². The normalized spacial score (nSPS) is 18.1. The van der Waals surface area contributed by atoms with Crippen LogP contribution in [0.3, 0.4) is 0 Å². The van der Waals surface area contributed by atoms with Gasteiger partial charge in [0.05, 0.1) is 23.3 Å². The van der Waals surface area contributed by atoms with E-state index in [1.165, 1.54) is 0 Å². The van der Waals surface area contributed by atoms with Crippen molar-refractivity contribution in [2.24, 2.45) is 0 Å². The second-order valence-corrected chi connectivity index (χ2v) is 4.45. The van der Waals surface area contributed by atoms with Crippen LogP contribution in [0.4, 0.5) is 17.2 Å². The van der Waals surface area contributed by atoms with Crippen LogP contribution in [0, 0.1) is 6.92 Å². The van der Waals surface area contributed by atoms with E-state index >= 15 is 0 Å². The molecule has 0 amide bonds. The van der Waals surface area contributed by atoms with E-state index in [-0.39, 0.29) is 6.17 Å². The first-order valence-electron chi connectivity index (χ1n) is 5.94. The molecule has 3 heterocycles. The summed E-state index contributed by atoms with van der Waals surface area (Å²) in [5.74, 6) is 0.963. The summed E-state index contributed by atoms with van der Waals surface area (Å²) in [5, 5.41) is 0. The van der Waals surface area contributed by atoms with Gasteiger partial charge in [-0.15, -0.1) is 0 Å². The molecule has 0 unspecified atom stereocenters. The highest BCUT2D eigenvalue weighted by molar-refractivity contribution is 5.80. The molecule has 1 atom stereocenters. The molecule has 0 radical (unpaired) electrons. The van der Waals surface area contributed by atoms with E-state index in [1.54, 1.807) is 6.33 Å². The van der Waals surface area contributed by atoms with Crippen molar-refractivity contribution < 1.29 is 0 Å². The first-order chi connectivity index (χ1) is 8.70. The third kappa shape index (κ3) is 1.44. The largest absolute Gasteiger partial charge is 0.351 e. The van der Waals surface area contributed by atoms with Crippen molar-refractivity contribution in [1.29, 1.82) is 0 Å². The maximum Gasteiger partial charge on any atom is 0.158 e. The second-order valence-electron chi connectivity index (χ2n) is 4.45. The minimum absolute atomic E-state index is 0.208. The highest BCUT2D eigenvalue weighted by Gasteiger charge is 2.33. The fourth-order valence-electron chi connectivity index (χ4n) is 2.34. The molecule has 1 aliphatic rings. The number of aryl methyl sites for hydroxylation is 1. The Kier molecular flexibility index (Phi) is 2.40. The molecule has 1 aliphatic heterocycles. The van der Waals surface area contributed by atoms with Crippen LogP contribution in [0.25, 0.3) is 0 Å². The fraction of sp³-hybridized carbons (Fsp3) is 0.308. The second kappa shape index (κ2) is 3.94. The third-order valence-electron chi connectivity index (χ3n) is 3.45. The molecular weight excluding hydrogens is 226 g/mol. The lowest BCUT2D eigenvalue weighted by molar-refractivity contribution is 0.726. The first kappa shape index (κ1) is 11.0. The summed E-state index contributed by atoms with van der Waals surface area (Å²) in [7, 11) is 2.07. The van der Waals surface area contributed by atoms with Crippen molar-refractivity contribution in [3.8, 4) is 0 Å². The number of nitrogens with zero attached hydrogens (tertiary/aromatic N) is 5. The van der Waals surface area contributed by atoms with Crippen molar-refractivity contribution in [3.05, 3.63) is 36.5 Å². The van der Waals surface area contributed by atoms with E-state index in [2.05, 4.69) is 44.8 Å². The molecule has 0 bridgehead atoms. The number of aromatic nitrogens is 3. The molecule has 18 heavy (non-hydrogen) atoms. The molecule has 0 N–H and O–H groups in total. The molecule has 92 valence electrons. The average Bonchev–Trinajstić information content (AvgIpc) is 2.64. The zero-order valence-electron chi connectivity index (χ0n) is 10.7. The maximum absolute atomic E-state index is 4.49. The van der Waals surface area contributed by atoms with Crippen LogP contribution >= 0.6 is 0 Å². The summed E-state index contributed by atoms with van der Waals surface area (Å²) in [5.41, 5.74) is 3.10. The van der Waals surface area contributed by atoms with Crippen LogP contribution in [0.1, 0.15) is 12.6 Å². The highest BCUT2D eigenvalue weighted by atomic mass is 15.4. The summed E-state index contributed by atoms with van der Waals surface area (Å²) < 4.78 is 0. The Morgan fingerprint density at radius 1 is 1.22 bits per heavy atom. The Bertz CT molecular complexity index is 583. The number of pyridine rings is 1. The zero-order chi connectivity index (χ0) is 12.7. The number of hydrogen-bond donors (Lipinski definition) is 0. The van der Waals surface area contributed by atoms with Gasteiger partial charge in [0.25, 0.3) is 0 Å². The van der Waals surface area contributed by atoms with Gasteiger partial charge in [-0.25, -0.2) is 15.0 Å². The lowest BCUT2D eigenvalue weighted by Gasteiger charge is -2.27. The van der Waals surface area contributed by atoms with Crippen LogP contribution in [-0.4, -0.2) is 28.2 Å². The van der Waals surface area contributed by atoms with E-state index < -0.39 is 0 Å². The molecule has 0 aromatic carbocycles. The minimum atomic E-state index is 0.208. The quantitative estimate of drug-likeness (QED) is 0.765. The number of rotatable bonds is 1. The van der Waals surface area contributed by atoms with Crippen LogP contribution in [0.5, 0.6) is 0 Å². The molecule has 0 aliphatic carbocycles. The van der Waals surface area contributed by atoms with Crippen LogP contribution in [0.15, 0.2) is 30.9 Å². The summed E-state index contributed by atoms with van der Waals surface area (Å²) in [6.45, 7) is 4.14. The van der Waals surface area contributed by atoms with E-state index in [0.717, 1.165) is 22.9 Å². The van der Waals surface area contributed by atoms with Crippen molar-refractivity contribution in [3.63, 3.8) is 0 Å². The van der Waals surface area contributed by atoms with Crippen molar-refractivity contribution in [2.45, 2.75) is 20.0 Å². The van der Waals surface area contributed by atoms with E-state index in [9.17, 15) is 0 Å².